The molecule has 0 amide bonds. The van der Waals surface area contributed by atoms with Crippen molar-refractivity contribution in [1.82, 2.24) is 14.6 Å². The van der Waals surface area contributed by atoms with E-state index in [4.69, 9.17) is 10.1 Å². The van der Waals surface area contributed by atoms with Crippen LogP contribution < -0.4 is 4.90 Å². The fourth-order valence-electron chi connectivity index (χ4n) is 5.08. The normalized spacial score (nSPS) is 12.9. The second-order valence-electron chi connectivity index (χ2n) is 8.63. The van der Waals surface area contributed by atoms with Crippen molar-refractivity contribution in [2.75, 3.05) is 11.4 Å². The van der Waals surface area contributed by atoms with Crippen molar-refractivity contribution in [3.63, 3.8) is 0 Å². The molecule has 0 atom stereocenters. The van der Waals surface area contributed by atoms with Crippen molar-refractivity contribution in [2.24, 2.45) is 0 Å². The second kappa shape index (κ2) is 8.01. The van der Waals surface area contributed by atoms with E-state index < -0.39 is 0 Å². The third-order valence-electron chi connectivity index (χ3n) is 6.29. The van der Waals surface area contributed by atoms with Gasteiger partial charge in [-0.3, -0.25) is 0 Å². The summed E-state index contributed by atoms with van der Waals surface area (Å²) in [6, 6.07) is 15.2. The third-order valence-corrected chi connectivity index (χ3v) is 6.29. The summed E-state index contributed by atoms with van der Waals surface area (Å²) in [6.07, 6.45) is 1.02. The van der Waals surface area contributed by atoms with Crippen molar-refractivity contribution in [3.05, 3.63) is 81.7 Å². The molecular formula is C26H29ClN4. The Labute approximate surface area is 190 Å². The molecule has 1 aliphatic rings. The Morgan fingerprint density at radius 1 is 0.871 bits per heavy atom. The minimum atomic E-state index is 0. The molecule has 0 bridgehead atoms. The quantitative estimate of drug-likeness (QED) is 0.402. The van der Waals surface area contributed by atoms with Gasteiger partial charge in [0.2, 0.25) is 0 Å². The summed E-state index contributed by atoms with van der Waals surface area (Å²) in [4.78, 5) is 7.52. The Morgan fingerprint density at radius 2 is 1.55 bits per heavy atom. The number of aromatic nitrogens is 3. The summed E-state index contributed by atoms with van der Waals surface area (Å²) < 4.78 is 2.10. The summed E-state index contributed by atoms with van der Waals surface area (Å²) in [6.45, 7) is 12.7. The van der Waals surface area contributed by atoms with Crippen molar-refractivity contribution in [3.8, 4) is 11.1 Å². The fourth-order valence-corrected chi connectivity index (χ4v) is 5.08. The highest BCUT2D eigenvalue weighted by molar-refractivity contribution is 5.86. The maximum Gasteiger partial charge on any atom is 0.165 e. The van der Waals surface area contributed by atoms with Crippen LogP contribution in [0.15, 0.2) is 42.5 Å². The number of benzene rings is 2. The standard InChI is InChI=1S/C26H28N4.ClH/c1-16-13-17(2)23(18(3)14-16)24-20(5)28-30-25(24)27-19(4)22-11-12-29(26(22)30)15-21-9-7-6-8-10-21;/h6-10,13-14H,11-12,15H2,1-5H3;1H. The molecule has 0 aliphatic carbocycles. The number of fused-ring (bicyclic) bond motifs is 3. The van der Waals surface area contributed by atoms with Crippen LogP contribution in [-0.2, 0) is 13.0 Å². The number of anilines is 1. The lowest BCUT2D eigenvalue weighted by Crippen LogP contribution is -2.22. The van der Waals surface area contributed by atoms with E-state index in [0.717, 1.165) is 36.5 Å². The van der Waals surface area contributed by atoms with Gasteiger partial charge in [0.1, 0.15) is 5.82 Å². The van der Waals surface area contributed by atoms with Gasteiger partial charge >= 0.3 is 0 Å². The molecule has 3 heterocycles. The van der Waals surface area contributed by atoms with Crippen LogP contribution in [0.3, 0.4) is 0 Å². The van der Waals surface area contributed by atoms with Crippen LogP contribution in [0.25, 0.3) is 16.8 Å². The number of hydrogen-bond acceptors (Lipinski definition) is 3. The predicted octanol–water partition coefficient (Wildman–Crippen LogP) is 5.92. The molecule has 31 heavy (non-hydrogen) atoms. The highest BCUT2D eigenvalue weighted by Crippen LogP contribution is 2.38. The van der Waals surface area contributed by atoms with Crippen molar-refractivity contribution < 1.29 is 0 Å². The molecule has 160 valence electrons. The molecule has 0 spiro atoms. The molecule has 2 aromatic heterocycles. The molecule has 5 heteroatoms. The predicted molar refractivity (Wildman–Crippen MR) is 131 cm³/mol. The largest absolute Gasteiger partial charge is 0.352 e. The first-order valence-corrected chi connectivity index (χ1v) is 10.7. The zero-order valence-electron chi connectivity index (χ0n) is 18.9. The van der Waals surface area contributed by atoms with E-state index in [1.165, 1.54) is 44.8 Å². The van der Waals surface area contributed by atoms with Gasteiger partial charge in [0.15, 0.2) is 5.65 Å². The van der Waals surface area contributed by atoms with E-state index in [1.807, 2.05) is 0 Å². The Balaban J connectivity index is 0.00000231. The Kier molecular flexibility index (Phi) is 5.52. The maximum atomic E-state index is 5.06. The van der Waals surface area contributed by atoms with Gasteiger partial charge in [-0.2, -0.15) is 9.61 Å². The first-order chi connectivity index (χ1) is 14.4. The topological polar surface area (TPSA) is 33.4 Å². The Bertz CT molecular complexity index is 1250. The van der Waals surface area contributed by atoms with E-state index >= 15 is 0 Å². The average molecular weight is 433 g/mol. The van der Waals surface area contributed by atoms with Gasteiger partial charge < -0.3 is 4.90 Å². The average Bonchev–Trinajstić information content (AvgIpc) is 3.24. The third kappa shape index (κ3) is 3.49. The van der Waals surface area contributed by atoms with Crippen molar-refractivity contribution in [2.45, 2.75) is 47.6 Å². The van der Waals surface area contributed by atoms with E-state index in [-0.39, 0.29) is 12.4 Å². The number of aryl methyl sites for hydroxylation is 5. The molecule has 0 N–H and O–H groups in total. The number of halogens is 1. The minimum Gasteiger partial charge on any atom is -0.352 e. The van der Waals surface area contributed by atoms with Crippen LogP contribution in [0.1, 0.15) is 39.2 Å². The summed E-state index contributed by atoms with van der Waals surface area (Å²) in [5.41, 5.74) is 12.1. The van der Waals surface area contributed by atoms with E-state index in [1.54, 1.807) is 0 Å². The van der Waals surface area contributed by atoms with Gasteiger partial charge in [0.25, 0.3) is 0 Å². The molecule has 2 aromatic carbocycles. The smallest absolute Gasteiger partial charge is 0.165 e. The molecule has 5 rings (SSSR count). The molecule has 0 radical (unpaired) electrons. The SMILES string of the molecule is Cc1cc(C)c(-c2c(C)nn3c4c(c(C)nc23)CCN4Cc2ccccc2)c(C)c1.Cl. The van der Waals surface area contributed by atoms with E-state index in [2.05, 4.69) is 86.5 Å². The van der Waals surface area contributed by atoms with Gasteiger partial charge in [-0.25, -0.2) is 4.98 Å². The van der Waals surface area contributed by atoms with Gasteiger partial charge in [-0.1, -0.05) is 48.0 Å². The minimum absolute atomic E-state index is 0. The summed E-state index contributed by atoms with van der Waals surface area (Å²) in [7, 11) is 0. The molecule has 0 unspecified atom stereocenters. The van der Waals surface area contributed by atoms with Gasteiger partial charge in [0.05, 0.1) is 11.3 Å². The molecule has 0 fully saturated rings. The van der Waals surface area contributed by atoms with Gasteiger partial charge in [-0.15, -0.1) is 12.4 Å². The van der Waals surface area contributed by atoms with Crippen LogP contribution in [0, 0.1) is 34.6 Å². The lowest BCUT2D eigenvalue weighted by atomic mass is 9.94. The summed E-state index contributed by atoms with van der Waals surface area (Å²) in [5, 5.41) is 5.01. The highest BCUT2D eigenvalue weighted by atomic mass is 35.5. The van der Waals surface area contributed by atoms with Crippen LogP contribution in [-0.4, -0.2) is 21.1 Å². The zero-order chi connectivity index (χ0) is 21.0. The number of nitrogens with zero attached hydrogens (tertiary/aromatic N) is 4. The zero-order valence-corrected chi connectivity index (χ0v) is 19.7. The van der Waals surface area contributed by atoms with Crippen LogP contribution in [0.5, 0.6) is 0 Å². The molecule has 1 aliphatic heterocycles. The number of hydrogen-bond donors (Lipinski definition) is 0. The van der Waals surface area contributed by atoms with Crippen LogP contribution in [0.4, 0.5) is 5.82 Å². The molecule has 4 nitrogen and oxygen atoms in total. The Hall–Kier alpha value is -2.85. The molecule has 4 aromatic rings. The number of rotatable bonds is 3. The summed E-state index contributed by atoms with van der Waals surface area (Å²) in [5.74, 6) is 1.21. The van der Waals surface area contributed by atoms with Crippen LogP contribution in [0.2, 0.25) is 0 Å². The van der Waals surface area contributed by atoms with Crippen molar-refractivity contribution >= 4 is 23.9 Å². The lowest BCUT2D eigenvalue weighted by molar-refractivity contribution is 0.795. The first kappa shape index (κ1) is 21.4. The van der Waals surface area contributed by atoms with Crippen molar-refractivity contribution in [1.29, 1.82) is 0 Å². The highest BCUT2D eigenvalue weighted by Gasteiger charge is 2.28. The Morgan fingerprint density at radius 3 is 2.23 bits per heavy atom. The van der Waals surface area contributed by atoms with E-state index in [0.29, 0.717) is 0 Å². The molecule has 0 saturated carbocycles. The first-order valence-electron chi connectivity index (χ1n) is 10.7. The second-order valence-corrected chi connectivity index (χ2v) is 8.63. The molecular weight excluding hydrogens is 404 g/mol. The van der Waals surface area contributed by atoms with Gasteiger partial charge in [0, 0.05) is 24.3 Å². The maximum absolute atomic E-state index is 5.06. The summed E-state index contributed by atoms with van der Waals surface area (Å²) >= 11 is 0. The van der Waals surface area contributed by atoms with E-state index in [9.17, 15) is 0 Å². The fraction of sp³-hybridized carbons (Fsp3) is 0.308. The van der Waals surface area contributed by atoms with Gasteiger partial charge in [-0.05, 0) is 63.3 Å². The lowest BCUT2D eigenvalue weighted by Gasteiger charge is -2.20. The molecule has 0 saturated heterocycles. The monoisotopic (exact) mass is 432 g/mol. The van der Waals surface area contributed by atoms with Crippen LogP contribution >= 0.6 is 12.4 Å².